The summed E-state index contributed by atoms with van der Waals surface area (Å²) >= 11 is 0. The SMILES string of the molecule is O=C(O)[C@H]1C[C@@H]2Cc3ccccc3N2N1. The van der Waals surface area contributed by atoms with E-state index in [1.807, 2.05) is 23.2 Å². The van der Waals surface area contributed by atoms with Crippen molar-refractivity contribution in [2.75, 3.05) is 5.01 Å². The number of rotatable bonds is 1. The van der Waals surface area contributed by atoms with Gasteiger partial charge in [0, 0.05) is 0 Å². The van der Waals surface area contributed by atoms with E-state index in [1.54, 1.807) is 0 Å². The van der Waals surface area contributed by atoms with Crippen LogP contribution in [0.25, 0.3) is 0 Å². The zero-order valence-electron chi connectivity index (χ0n) is 8.18. The van der Waals surface area contributed by atoms with Crippen LogP contribution in [0, 0.1) is 0 Å². The maximum atomic E-state index is 10.9. The van der Waals surface area contributed by atoms with Crippen molar-refractivity contribution in [2.24, 2.45) is 0 Å². The number of para-hydroxylation sites is 1. The summed E-state index contributed by atoms with van der Waals surface area (Å²) in [5.41, 5.74) is 5.48. The van der Waals surface area contributed by atoms with Gasteiger partial charge in [-0.2, -0.15) is 0 Å². The largest absolute Gasteiger partial charge is 0.480 e. The van der Waals surface area contributed by atoms with Gasteiger partial charge in [0.25, 0.3) is 0 Å². The summed E-state index contributed by atoms with van der Waals surface area (Å²) in [5, 5.41) is 10.9. The zero-order chi connectivity index (χ0) is 10.4. The van der Waals surface area contributed by atoms with Crippen LogP contribution in [0.5, 0.6) is 0 Å². The molecule has 4 heteroatoms. The number of nitrogens with one attached hydrogen (secondary N) is 1. The number of hydrogen-bond acceptors (Lipinski definition) is 3. The molecule has 2 N–H and O–H groups in total. The molecule has 2 heterocycles. The van der Waals surface area contributed by atoms with E-state index in [2.05, 4.69) is 11.5 Å². The second-order valence-corrected chi connectivity index (χ2v) is 4.11. The molecule has 0 unspecified atom stereocenters. The van der Waals surface area contributed by atoms with Crippen LogP contribution < -0.4 is 10.4 Å². The summed E-state index contributed by atoms with van der Waals surface area (Å²) in [6.45, 7) is 0. The molecule has 2 aliphatic rings. The maximum absolute atomic E-state index is 10.9. The van der Waals surface area contributed by atoms with Crippen molar-refractivity contribution in [3.8, 4) is 0 Å². The van der Waals surface area contributed by atoms with Crippen molar-refractivity contribution >= 4 is 11.7 Å². The fourth-order valence-corrected chi connectivity index (χ4v) is 2.47. The Balaban J connectivity index is 1.91. The van der Waals surface area contributed by atoms with Crippen molar-refractivity contribution in [1.29, 1.82) is 0 Å². The molecule has 0 bridgehead atoms. The quantitative estimate of drug-likeness (QED) is 0.709. The molecule has 4 nitrogen and oxygen atoms in total. The Bertz CT molecular complexity index is 419. The highest BCUT2D eigenvalue weighted by Crippen LogP contribution is 2.35. The average Bonchev–Trinajstić information content (AvgIpc) is 2.73. The third-order valence-corrected chi connectivity index (χ3v) is 3.17. The van der Waals surface area contributed by atoms with Crippen molar-refractivity contribution in [3.05, 3.63) is 29.8 Å². The summed E-state index contributed by atoms with van der Waals surface area (Å²) in [4.78, 5) is 10.9. The van der Waals surface area contributed by atoms with Gasteiger partial charge in [0.1, 0.15) is 6.04 Å². The lowest BCUT2D eigenvalue weighted by Gasteiger charge is -2.18. The molecule has 0 amide bonds. The first-order valence-corrected chi connectivity index (χ1v) is 5.12. The molecule has 1 aromatic carbocycles. The van der Waals surface area contributed by atoms with Gasteiger partial charge in [-0.05, 0) is 24.5 Å². The Kier molecular flexibility index (Phi) is 1.73. The van der Waals surface area contributed by atoms with Gasteiger partial charge < -0.3 is 10.1 Å². The van der Waals surface area contributed by atoms with Crippen molar-refractivity contribution in [2.45, 2.75) is 24.9 Å². The Hall–Kier alpha value is -1.55. The van der Waals surface area contributed by atoms with Gasteiger partial charge in [0.2, 0.25) is 0 Å². The average molecular weight is 204 g/mol. The highest BCUT2D eigenvalue weighted by atomic mass is 16.4. The number of carboxylic acid groups (broad SMARTS) is 1. The Labute approximate surface area is 87.5 Å². The third kappa shape index (κ3) is 1.22. The Morgan fingerprint density at radius 2 is 2.27 bits per heavy atom. The van der Waals surface area contributed by atoms with Gasteiger partial charge >= 0.3 is 5.97 Å². The molecule has 78 valence electrons. The number of hydrazine groups is 1. The topological polar surface area (TPSA) is 52.6 Å². The lowest BCUT2D eigenvalue weighted by molar-refractivity contribution is -0.139. The molecule has 2 aliphatic heterocycles. The number of anilines is 1. The van der Waals surface area contributed by atoms with Crippen LogP contribution in [0.4, 0.5) is 5.69 Å². The fraction of sp³-hybridized carbons (Fsp3) is 0.364. The number of carboxylic acids is 1. The molecule has 0 aliphatic carbocycles. The molecule has 0 spiro atoms. The highest BCUT2D eigenvalue weighted by Gasteiger charge is 2.40. The van der Waals surface area contributed by atoms with E-state index >= 15 is 0 Å². The second kappa shape index (κ2) is 2.97. The van der Waals surface area contributed by atoms with Crippen LogP contribution in [0.3, 0.4) is 0 Å². The van der Waals surface area contributed by atoms with E-state index in [-0.39, 0.29) is 0 Å². The number of carbonyl (C=O) groups is 1. The molecular formula is C11H12N2O2. The minimum atomic E-state index is -0.762. The molecule has 0 saturated carbocycles. The van der Waals surface area contributed by atoms with Gasteiger partial charge in [0.05, 0.1) is 11.7 Å². The number of benzene rings is 1. The minimum absolute atomic E-state index is 0.309. The summed E-state index contributed by atoms with van der Waals surface area (Å²) < 4.78 is 0. The zero-order valence-corrected chi connectivity index (χ0v) is 8.18. The molecule has 2 atom stereocenters. The van der Waals surface area contributed by atoms with Gasteiger partial charge in [-0.25, -0.2) is 5.43 Å². The predicted molar refractivity (Wildman–Crippen MR) is 55.6 cm³/mol. The maximum Gasteiger partial charge on any atom is 0.322 e. The van der Waals surface area contributed by atoms with E-state index in [9.17, 15) is 4.79 Å². The summed E-state index contributed by atoms with van der Waals surface area (Å²) in [6, 6.07) is 8.02. The number of aliphatic carboxylic acids is 1. The summed E-state index contributed by atoms with van der Waals surface area (Å²) in [5.74, 6) is -0.762. The van der Waals surface area contributed by atoms with Crippen LogP contribution in [0.1, 0.15) is 12.0 Å². The van der Waals surface area contributed by atoms with E-state index in [4.69, 9.17) is 5.11 Å². The van der Waals surface area contributed by atoms with Crippen LogP contribution in [-0.4, -0.2) is 23.2 Å². The minimum Gasteiger partial charge on any atom is -0.480 e. The van der Waals surface area contributed by atoms with Crippen LogP contribution >= 0.6 is 0 Å². The smallest absolute Gasteiger partial charge is 0.322 e. The number of nitrogens with zero attached hydrogens (tertiary/aromatic N) is 1. The Morgan fingerprint density at radius 3 is 3.07 bits per heavy atom. The van der Waals surface area contributed by atoms with Gasteiger partial charge in [-0.1, -0.05) is 18.2 Å². The molecule has 1 saturated heterocycles. The number of hydrogen-bond donors (Lipinski definition) is 2. The predicted octanol–water partition coefficient (Wildman–Crippen LogP) is 0.779. The second-order valence-electron chi connectivity index (χ2n) is 4.11. The molecule has 1 aromatic rings. The first-order chi connectivity index (χ1) is 7.25. The summed E-state index contributed by atoms with van der Waals surface area (Å²) in [7, 11) is 0. The Morgan fingerprint density at radius 1 is 1.47 bits per heavy atom. The van der Waals surface area contributed by atoms with Crippen molar-refractivity contribution < 1.29 is 9.90 Å². The first kappa shape index (κ1) is 8.73. The fourth-order valence-electron chi connectivity index (χ4n) is 2.47. The highest BCUT2D eigenvalue weighted by molar-refractivity contribution is 5.76. The van der Waals surface area contributed by atoms with E-state index in [0.29, 0.717) is 12.5 Å². The molecule has 0 aromatic heterocycles. The van der Waals surface area contributed by atoms with Crippen molar-refractivity contribution in [1.82, 2.24) is 5.43 Å². The van der Waals surface area contributed by atoms with Gasteiger partial charge in [-0.3, -0.25) is 4.79 Å². The van der Waals surface area contributed by atoms with Crippen molar-refractivity contribution in [3.63, 3.8) is 0 Å². The normalized spacial score (nSPS) is 27.6. The lowest BCUT2D eigenvalue weighted by atomic mass is 10.1. The van der Waals surface area contributed by atoms with Gasteiger partial charge in [0.15, 0.2) is 0 Å². The lowest BCUT2D eigenvalue weighted by Crippen LogP contribution is -2.40. The van der Waals surface area contributed by atoms with E-state index in [1.165, 1.54) is 5.56 Å². The molecule has 15 heavy (non-hydrogen) atoms. The van der Waals surface area contributed by atoms with Crippen LogP contribution in [0.15, 0.2) is 24.3 Å². The first-order valence-electron chi connectivity index (χ1n) is 5.12. The van der Waals surface area contributed by atoms with E-state index < -0.39 is 12.0 Å². The standard InChI is InChI=1S/C11H12N2O2/c14-11(15)9-6-8-5-7-3-1-2-4-10(7)13(8)12-9/h1-4,8-9,12H,5-6H2,(H,14,15)/t8-,9+/m0/s1. The molecule has 0 radical (unpaired) electrons. The van der Waals surface area contributed by atoms with Crippen LogP contribution in [-0.2, 0) is 11.2 Å². The molecular weight excluding hydrogens is 192 g/mol. The molecule has 1 fully saturated rings. The monoisotopic (exact) mass is 204 g/mol. The van der Waals surface area contributed by atoms with E-state index in [0.717, 1.165) is 12.1 Å². The summed E-state index contributed by atoms with van der Waals surface area (Å²) in [6.07, 6.45) is 1.64. The molecule has 3 rings (SSSR count). The van der Waals surface area contributed by atoms with Gasteiger partial charge in [-0.15, -0.1) is 0 Å². The third-order valence-electron chi connectivity index (χ3n) is 3.17. The number of fused-ring (bicyclic) bond motifs is 3. The van der Waals surface area contributed by atoms with Crippen LogP contribution in [0.2, 0.25) is 0 Å².